The summed E-state index contributed by atoms with van der Waals surface area (Å²) >= 11 is 0. The van der Waals surface area contributed by atoms with E-state index in [0.717, 1.165) is 37.9 Å². The highest BCUT2D eigenvalue weighted by molar-refractivity contribution is 5.87. The normalized spacial score (nSPS) is 31.1. The molecule has 2 aromatic rings. The molecule has 28 heavy (non-hydrogen) atoms. The van der Waals surface area contributed by atoms with Crippen LogP contribution in [-0.2, 0) is 17.8 Å². The average Bonchev–Trinajstić information content (AvgIpc) is 3.02. The SMILES string of the molecule is C[C@]12CC[C@H]3c4ccc(OCc5ccccc5F)cc4CC[C@@H]3[C@@H]1CCC2=O. The van der Waals surface area contributed by atoms with Crippen molar-refractivity contribution in [2.45, 2.75) is 58.0 Å². The van der Waals surface area contributed by atoms with Gasteiger partial charge in [0.15, 0.2) is 0 Å². The maximum absolute atomic E-state index is 13.8. The van der Waals surface area contributed by atoms with E-state index in [9.17, 15) is 9.18 Å². The van der Waals surface area contributed by atoms with E-state index in [1.54, 1.807) is 12.1 Å². The molecule has 0 amide bonds. The van der Waals surface area contributed by atoms with E-state index in [1.165, 1.54) is 23.6 Å². The Bertz CT molecular complexity index is 921. The molecule has 2 aromatic carbocycles. The van der Waals surface area contributed by atoms with Gasteiger partial charge < -0.3 is 4.74 Å². The molecule has 4 atom stereocenters. The van der Waals surface area contributed by atoms with Crippen molar-refractivity contribution in [1.82, 2.24) is 0 Å². The maximum atomic E-state index is 13.8. The second kappa shape index (κ2) is 6.72. The largest absolute Gasteiger partial charge is 0.489 e. The zero-order valence-corrected chi connectivity index (χ0v) is 16.4. The van der Waals surface area contributed by atoms with Crippen LogP contribution in [0.25, 0.3) is 0 Å². The van der Waals surface area contributed by atoms with Crippen molar-refractivity contribution in [2.75, 3.05) is 0 Å². The number of fused-ring (bicyclic) bond motifs is 5. The molecule has 0 unspecified atom stereocenters. The van der Waals surface area contributed by atoms with E-state index in [0.29, 0.717) is 29.1 Å². The molecular formula is C25H27FO2. The fraction of sp³-hybridized carbons (Fsp3) is 0.480. The number of halogens is 1. The summed E-state index contributed by atoms with van der Waals surface area (Å²) in [6.45, 7) is 2.47. The highest BCUT2D eigenvalue weighted by Gasteiger charge is 2.54. The Labute approximate surface area is 166 Å². The first-order valence-electron chi connectivity index (χ1n) is 10.6. The molecule has 0 aromatic heterocycles. The Balaban J connectivity index is 1.35. The molecule has 3 heteroatoms. The highest BCUT2D eigenvalue weighted by Crippen LogP contribution is 2.59. The van der Waals surface area contributed by atoms with Crippen molar-refractivity contribution in [1.29, 1.82) is 0 Å². The van der Waals surface area contributed by atoms with Gasteiger partial charge in [-0.2, -0.15) is 0 Å². The molecule has 5 rings (SSSR count). The number of carbonyl (C=O) groups is 1. The Kier molecular flexibility index (Phi) is 4.30. The quantitative estimate of drug-likeness (QED) is 0.672. The van der Waals surface area contributed by atoms with Crippen molar-refractivity contribution in [3.05, 3.63) is 65.0 Å². The molecule has 0 spiro atoms. The molecule has 0 saturated heterocycles. The van der Waals surface area contributed by atoms with Gasteiger partial charge >= 0.3 is 0 Å². The number of ether oxygens (including phenoxy) is 1. The summed E-state index contributed by atoms with van der Waals surface area (Å²) in [6.07, 6.45) is 6.22. The van der Waals surface area contributed by atoms with Gasteiger partial charge in [-0.05, 0) is 79.2 Å². The highest BCUT2D eigenvalue weighted by atomic mass is 19.1. The van der Waals surface area contributed by atoms with Crippen molar-refractivity contribution in [2.24, 2.45) is 17.3 Å². The molecule has 0 aliphatic heterocycles. The average molecular weight is 378 g/mol. The predicted octanol–water partition coefficient (Wildman–Crippen LogP) is 5.83. The number of benzene rings is 2. The third-order valence-electron chi connectivity index (χ3n) is 7.76. The van der Waals surface area contributed by atoms with E-state index in [4.69, 9.17) is 4.74 Å². The maximum Gasteiger partial charge on any atom is 0.139 e. The summed E-state index contributed by atoms with van der Waals surface area (Å²) in [5.41, 5.74) is 3.34. The minimum atomic E-state index is -0.223. The summed E-state index contributed by atoms with van der Waals surface area (Å²) in [5.74, 6) is 2.87. The van der Waals surface area contributed by atoms with Gasteiger partial charge in [0.1, 0.15) is 24.0 Å². The summed E-state index contributed by atoms with van der Waals surface area (Å²) in [6, 6.07) is 13.2. The Hall–Kier alpha value is -2.16. The fourth-order valence-electron chi connectivity index (χ4n) is 6.20. The van der Waals surface area contributed by atoms with Gasteiger partial charge in [-0.1, -0.05) is 31.2 Å². The van der Waals surface area contributed by atoms with Gasteiger partial charge in [0, 0.05) is 17.4 Å². The lowest BCUT2D eigenvalue weighted by atomic mass is 9.55. The van der Waals surface area contributed by atoms with Crippen LogP contribution in [0.4, 0.5) is 4.39 Å². The van der Waals surface area contributed by atoms with E-state index in [-0.39, 0.29) is 17.8 Å². The van der Waals surface area contributed by atoms with Gasteiger partial charge in [0.05, 0.1) is 0 Å². The second-order valence-electron chi connectivity index (χ2n) is 9.07. The first-order chi connectivity index (χ1) is 13.6. The summed E-state index contributed by atoms with van der Waals surface area (Å²) < 4.78 is 19.7. The van der Waals surface area contributed by atoms with Crippen LogP contribution < -0.4 is 4.74 Å². The van der Waals surface area contributed by atoms with Crippen molar-refractivity contribution in [3.63, 3.8) is 0 Å². The zero-order chi connectivity index (χ0) is 19.3. The third kappa shape index (κ3) is 2.78. The van der Waals surface area contributed by atoms with Crippen LogP contribution in [0.1, 0.15) is 61.6 Å². The van der Waals surface area contributed by atoms with Gasteiger partial charge in [0.2, 0.25) is 0 Å². The first kappa shape index (κ1) is 17.9. The number of Topliss-reactive ketones (excluding diaryl/α,β-unsaturated/α-hetero) is 1. The van der Waals surface area contributed by atoms with Crippen LogP contribution in [-0.4, -0.2) is 5.78 Å². The third-order valence-corrected chi connectivity index (χ3v) is 7.76. The number of ketones is 1. The Morgan fingerprint density at radius 1 is 1.11 bits per heavy atom. The lowest BCUT2D eigenvalue weighted by Gasteiger charge is -2.48. The van der Waals surface area contributed by atoms with Gasteiger partial charge in [-0.3, -0.25) is 4.79 Å². The van der Waals surface area contributed by atoms with Crippen LogP contribution in [0, 0.1) is 23.1 Å². The molecular weight excluding hydrogens is 351 g/mol. The number of rotatable bonds is 3. The lowest BCUT2D eigenvalue weighted by Crippen LogP contribution is -2.42. The topological polar surface area (TPSA) is 26.3 Å². The van der Waals surface area contributed by atoms with Crippen molar-refractivity contribution >= 4 is 5.78 Å². The minimum absolute atomic E-state index is 0.0680. The van der Waals surface area contributed by atoms with Crippen LogP contribution in [0.2, 0.25) is 0 Å². The fourth-order valence-corrected chi connectivity index (χ4v) is 6.20. The van der Waals surface area contributed by atoms with E-state index in [1.807, 2.05) is 12.1 Å². The van der Waals surface area contributed by atoms with Crippen molar-refractivity contribution < 1.29 is 13.9 Å². The van der Waals surface area contributed by atoms with Crippen LogP contribution in [0.3, 0.4) is 0 Å². The molecule has 0 bridgehead atoms. The van der Waals surface area contributed by atoms with E-state index in [2.05, 4.69) is 19.1 Å². The minimum Gasteiger partial charge on any atom is -0.489 e. The molecule has 2 fully saturated rings. The van der Waals surface area contributed by atoms with Gasteiger partial charge in [0.25, 0.3) is 0 Å². The lowest BCUT2D eigenvalue weighted by molar-refractivity contribution is -0.129. The molecule has 0 radical (unpaired) electrons. The predicted molar refractivity (Wildman–Crippen MR) is 107 cm³/mol. The molecule has 3 aliphatic carbocycles. The molecule has 2 saturated carbocycles. The summed E-state index contributed by atoms with van der Waals surface area (Å²) in [7, 11) is 0. The van der Waals surface area contributed by atoms with Gasteiger partial charge in [-0.25, -0.2) is 4.39 Å². The number of aryl methyl sites for hydroxylation is 1. The zero-order valence-electron chi connectivity index (χ0n) is 16.4. The summed E-state index contributed by atoms with van der Waals surface area (Å²) in [4.78, 5) is 12.5. The molecule has 146 valence electrons. The summed E-state index contributed by atoms with van der Waals surface area (Å²) in [5, 5.41) is 0. The molecule has 2 nitrogen and oxygen atoms in total. The number of carbonyl (C=O) groups excluding carboxylic acids is 1. The van der Waals surface area contributed by atoms with Crippen LogP contribution in [0.15, 0.2) is 42.5 Å². The van der Waals surface area contributed by atoms with Gasteiger partial charge in [-0.15, -0.1) is 0 Å². The monoisotopic (exact) mass is 378 g/mol. The smallest absolute Gasteiger partial charge is 0.139 e. The van der Waals surface area contributed by atoms with E-state index < -0.39 is 0 Å². The Morgan fingerprint density at radius 3 is 2.82 bits per heavy atom. The van der Waals surface area contributed by atoms with E-state index >= 15 is 0 Å². The molecule has 0 heterocycles. The van der Waals surface area contributed by atoms with Crippen molar-refractivity contribution in [3.8, 4) is 5.75 Å². The second-order valence-corrected chi connectivity index (χ2v) is 9.07. The first-order valence-corrected chi connectivity index (χ1v) is 10.6. The molecule has 0 N–H and O–H groups in total. The number of hydrogen-bond acceptors (Lipinski definition) is 2. The Morgan fingerprint density at radius 2 is 1.96 bits per heavy atom. The standard InChI is InChI=1S/C25H27FO2/c1-25-13-12-20-19-9-7-18(28-15-17-4-2-3-5-23(17)26)14-16(19)6-8-21(20)22(25)10-11-24(25)27/h2-5,7,9,14,20-22H,6,8,10-13,15H2,1H3/t20-,21-,22-,25-/m0/s1. The number of hydrogen-bond donors (Lipinski definition) is 0. The van der Waals surface area contributed by atoms with Crippen LogP contribution in [0.5, 0.6) is 5.75 Å². The molecule has 3 aliphatic rings. The van der Waals surface area contributed by atoms with Crippen LogP contribution >= 0.6 is 0 Å².